The molecule has 0 spiro atoms. The van der Waals surface area contributed by atoms with Crippen LogP contribution in [-0.4, -0.2) is 55.7 Å². The summed E-state index contributed by atoms with van der Waals surface area (Å²) in [6, 6.07) is 13.0. The number of nitrogens with zero attached hydrogens (tertiary/aromatic N) is 1. The lowest BCUT2D eigenvalue weighted by atomic mass is 9.95. The van der Waals surface area contributed by atoms with E-state index in [0.717, 1.165) is 0 Å². The van der Waals surface area contributed by atoms with Gasteiger partial charge in [0.25, 0.3) is 11.7 Å². The van der Waals surface area contributed by atoms with Crippen molar-refractivity contribution in [2.45, 2.75) is 6.04 Å². The van der Waals surface area contributed by atoms with E-state index in [1.807, 2.05) is 0 Å². The molecule has 7 nitrogen and oxygen atoms in total. The zero-order valence-electron chi connectivity index (χ0n) is 17.5. The molecule has 1 amide bonds. The van der Waals surface area contributed by atoms with Crippen LogP contribution in [0.2, 0.25) is 0 Å². The fourth-order valence-corrected chi connectivity index (χ4v) is 3.47. The summed E-state index contributed by atoms with van der Waals surface area (Å²) in [4.78, 5) is 27.1. The number of ether oxygens (including phenoxy) is 3. The molecule has 1 heterocycles. The number of benzene rings is 2. The molecule has 1 aliphatic heterocycles. The minimum atomic E-state index is -0.755. The Morgan fingerprint density at radius 1 is 1.13 bits per heavy atom. The van der Waals surface area contributed by atoms with E-state index >= 15 is 0 Å². The van der Waals surface area contributed by atoms with Crippen LogP contribution in [0.3, 0.4) is 0 Å². The predicted octanol–water partition coefficient (Wildman–Crippen LogP) is 3.33. The van der Waals surface area contributed by atoms with Crippen molar-refractivity contribution in [3.8, 4) is 11.5 Å². The Balaban J connectivity index is 2.09. The number of likely N-dealkylation sites (tertiary alicyclic amines) is 1. The molecule has 0 bridgehead atoms. The maximum absolute atomic E-state index is 12.9. The van der Waals surface area contributed by atoms with Crippen molar-refractivity contribution in [3.05, 3.63) is 77.9 Å². The van der Waals surface area contributed by atoms with E-state index in [1.54, 1.807) is 54.6 Å². The number of hydrogen-bond acceptors (Lipinski definition) is 6. The highest BCUT2D eigenvalue weighted by Gasteiger charge is 2.45. The van der Waals surface area contributed by atoms with Crippen LogP contribution in [0.1, 0.15) is 17.2 Å². The fourth-order valence-electron chi connectivity index (χ4n) is 3.47. The van der Waals surface area contributed by atoms with Crippen LogP contribution < -0.4 is 9.47 Å². The van der Waals surface area contributed by atoms with Crippen LogP contribution >= 0.6 is 0 Å². The van der Waals surface area contributed by atoms with Gasteiger partial charge in [0.1, 0.15) is 23.9 Å². The molecule has 0 aromatic heterocycles. The largest absolute Gasteiger partial charge is 0.507 e. The number of methoxy groups -OCH3 is 2. The molecule has 1 saturated heterocycles. The van der Waals surface area contributed by atoms with Crippen LogP contribution in [-0.2, 0) is 14.3 Å². The highest BCUT2D eigenvalue weighted by atomic mass is 16.5. The van der Waals surface area contributed by atoms with Crippen molar-refractivity contribution in [1.82, 2.24) is 4.90 Å². The number of aliphatic hydroxyl groups is 1. The molecule has 2 aromatic rings. The summed E-state index contributed by atoms with van der Waals surface area (Å²) in [6.45, 7) is 4.44. The monoisotopic (exact) mass is 423 g/mol. The van der Waals surface area contributed by atoms with E-state index in [-0.39, 0.29) is 24.5 Å². The summed E-state index contributed by atoms with van der Waals surface area (Å²) >= 11 is 0. The predicted molar refractivity (Wildman–Crippen MR) is 116 cm³/mol. The van der Waals surface area contributed by atoms with E-state index in [4.69, 9.17) is 14.2 Å². The first-order valence-corrected chi connectivity index (χ1v) is 9.77. The van der Waals surface area contributed by atoms with Gasteiger partial charge in [-0.25, -0.2) is 0 Å². The average Bonchev–Trinajstić information content (AvgIpc) is 3.06. The molecule has 0 radical (unpaired) electrons. The average molecular weight is 423 g/mol. The number of Topliss-reactive ketones (excluding diaryl/α,β-unsaturated/α-hetero) is 1. The van der Waals surface area contributed by atoms with Crippen molar-refractivity contribution < 1.29 is 28.9 Å². The SMILES string of the molecule is C=CCOc1ccc(C2C(=C(O)c3cccc(OC)c3)C(=O)C(=O)N2CCOC)cc1. The first-order valence-electron chi connectivity index (χ1n) is 9.77. The second kappa shape index (κ2) is 9.95. The van der Waals surface area contributed by atoms with Crippen molar-refractivity contribution in [2.75, 3.05) is 34.0 Å². The molecule has 162 valence electrons. The maximum Gasteiger partial charge on any atom is 0.295 e. The molecule has 2 aromatic carbocycles. The van der Waals surface area contributed by atoms with Crippen LogP contribution in [0.25, 0.3) is 5.76 Å². The molecule has 7 heteroatoms. The molecule has 3 rings (SSSR count). The number of carbonyl (C=O) groups excluding carboxylic acids is 2. The standard InChI is InChI=1S/C24H25NO6/c1-4-13-31-18-10-8-16(9-11-18)21-20(23(27)24(28)25(21)12-14-29-2)22(26)17-6-5-7-19(15-17)30-3/h4-11,15,21,26H,1,12-14H2,2-3H3. The van der Waals surface area contributed by atoms with Crippen molar-refractivity contribution in [3.63, 3.8) is 0 Å². The number of carbonyl (C=O) groups is 2. The highest BCUT2D eigenvalue weighted by Crippen LogP contribution is 2.40. The lowest BCUT2D eigenvalue weighted by Crippen LogP contribution is -2.32. The first-order chi connectivity index (χ1) is 15.0. The summed E-state index contributed by atoms with van der Waals surface area (Å²) in [5.74, 6) is -0.524. The van der Waals surface area contributed by atoms with Crippen molar-refractivity contribution in [2.24, 2.45) is 0 Å². The molecule has 1 unspecified atom stereocenters. The zero-order chi connectivity index (χ0) is 22.4. The Morgan fingerprint density at radius 3 is 2.52 bits per heavy atom. The van der Waals surface area contributed by atoms with Gasteiger partial charge in [0, 0.05) is 19.2 Å². The van der Waals surface area contributed by atoms with Gasteiger partial charge < -0.3 is 24.2 Å². The van der Waals surface area contributed by atoms with Gasteiger partial charge in [-0.15, -0.1) is 0 Å². The summed E-state index contributed by atoms with van der Waals surface area (Å²) in [6.07, 6.45) is 1.64. The highest BCUT2D eigenvalue weighted by molar-refractivity contribution is 6.46. The Hall–Kier alpha value is -3.58. The maximum atomic E-state index is 12.9. The summed E-state index contributed by atoms with van der Waals surface area (Å²) < 4.78 is 15.8. The fraction of sp³-hybridized carbons (Fsp3) is 0.250. The third-order valence-electron chi connectivity index (χ3n) is 4.98. The third kappa shape index (κ3) is 4.62. The minimum Gasteiger partial charge on any atom is -0.507 e. The summed E-state index contributed by atoms with van der Waals surface area (Å²) in [5, 5.41) is 11.0. The first kappa shape index (κ1) is 22.1. The number of ketones is 1. The van der Waals surface area contributed by atoms with Crippen molar-refractivity contribution in [1.29, 1.82) is 0 Å². The van der Waals surface area contributed by atoms with Crippen LogP contribution in [0, 0.1) is 0 Å². The Bertz CT molecular complexity index is 995. The van der Waals surface area contributed by atoms with Crippen LogP contribution in [0.4, 0.5) is 0 Å². The molecule has 31 heavy (non-hydrogen) atoms. The van der Waals surface area contributed by atoms with Crippen molar-refractivity contribution >= 4 is 17.4 Å². The number of amides is 1. The zero-order valence-corrected chi connectivity index (χ0v) is 17.5. The molecule has 1 atom stereocenters. The quantitative estimate of drug-likeness (QED) is 0.288. The van der Waals surface area contributed by atoms with Gasteiger partial charge in [-0.05, 0) is 29.8 Å². The topological polar surface area (TPSA) is 85.3 Å². The van der Waals surface area contributed by atoms with E-state index in [2.05, 4.69) is 6.58 Å². The molecule has 1 fully saturated rings. The molecule has 0 aliphatic carbocycles. The van der Waals surface area contributed by atoms with Gasteiger partial charge in [-0.2, -0.15) is 0 Å². The van der Waals surface area contributed by atoms with Gasteiger partial charge in [0.15, 0.2) is 0 Å². The molecule has 1 N–H and O–H groups in total. The molecular weight excluding hydrogens is 398 g/mol. The Labute approximate surface area is 181 Å². The van der Waals surface area contributed by atoms with Gasteiger partial charge in [0.05, 0.1) is 25.3 Å². The Morgan fingerprint density at radius 2 is 1.87 bits per heavy atom. The van der Waals surface area contributed by atoms with Gasteiger partial charge >= 0.3 is 0 Å². The summed E-state index contributed by atoms with van der Waals surface area (Å²) in [7, 11) is 3.03. The molecule has 0 saturated carbocycles. The second-order valence-electron chi connectivity index (χ2n) is 6.89. The normalized spacial score (nSPS) is 17.6. The van der Waals surface area contributed by atoms with E-state index in [0.29, 0.717) is 29.2 Å². The second-order valence-corrected chi connectivity index (χ2v) is 6.89. The van der Waals surface area contributed by atoms with Gasteiger partial charge in [-0.3, -0.25) is 9.59 Å². The van der Waals surface area contributed by atoms with E-state index < -0.39 is 17.7 Å². The molecular formula is C24H25NO6. The molecule has 1 aliphatic rings. The van der Waals surface area contributed by atoms with Crippen LogP contribution in [0.15, 0.2) is 66.8 Å². The summed E-state index contributed by atoms with van der Waals surface area (Å²) in [5.41, 5.74) is 1.08. The lowest BCUT2D eigenvalue weighted by Gasteiger charge is -2.25. The lowest BCUT2D eigenvalue weighted by molar-refractivity contribution is -0.140. The smallest absolute Gasteiger partial charge is 0.295 e. The Kier molecular flexibility index (Phi) is 7.10. The van der Waals surface area contributed by atoms with Crippen LogP contribution in [0.5, 0.6) is 11.5 Å². The number of aliphatic hydroxyl groups excluding tert-OH is 1. The van der Waals surface area contributed by atoms with Gasteiger partial charge in [-0.1, -0.05) is 36.9 Å². The van der Waals surface area contributed by atoms with E-state index in [1.165, 1.54) is 19.1 Å². The van der Waals surface area contributed by atoms with E-state index in [9.17, 15) is 14.7 Å². The number of hydrogen-bond donors (Lipinski definition) is 1. The third-order valence-corrected chi connectivity index (χ3v) is 4.98. The van der Waals surface area contributed by atoms with Gasteiger partial charge in [0.2, 0.25) is 0 Å². The number of rotatable bonds is 9. The minimum absolute atomic E-state index is 0.0223.